The van der Waals surface area contributed by atoms with Crippen LogP contribution in [-0.2, 0) is 0 Å². The van der Waals surface area contributed by atoms with E-state index in [1.54, 1.807) is 12.1 Å². The van der Waals surface area contributed by atoms with Crippen molar-refractivity contribution < 1.29 is 13.6 Å². The molecule has 0 aliphatic heterocycles. The molecule has 2 aromatic rings. The predicted octanol–water partition coefficient (Wildman–Crippen LogP) is 2.83. The first kappa shape index (κ1) is 12.2. The van der Waals surface area contributed by atoms with Crippen LogP contribution < -0.4 is 5.73 Å². The van der Waals surface area contributed by atoms with E-state index < -0.39 is 12.2 Å². The molecule has 5 heteroatoms. The minimum Gasteiger partial charge on any atom is -0.399 e. The molecule has 0 amide bonds. The average molecular weight is 248 g/mol. The number of anilines is 1. The summed E-state index contributed by atoms with van der Waals surface area (Å²) in [6.45, 7) is 0. The number of rotatable bonds is 3. The summed E-state index contributed by atoms with van der Waals surface area (Å²) < 4.78 is 25.2. The van der Waals surface area contributed by atoms with Crippen LogP contribution in [0.15, 0.2) is 42.6 Å². The lowest BCUT2D eigenvalue weighted by Gasteiger charge is -2.06. The topological polar surface area (TPSA) is 56.0 Å². The smallest absolute Gasteiger partial charge is 0.263 e. The van der Waals surface area contributed by atoms with Gasteiger partial charge in [-0.3, -0.25) is 9.78 Å². The number of ketones is 1. The fourth-order valence-corrected chi connectivity index (χ4v) is 1.58. The van der Waals surface area contributed by atoms with E-state index in [1.807, 2.05) is 0 Å². The predicted molar refractivity (Wildman–Crippen MR) is 63.5 cm³/mol. The van der Waals surface area contributed by atoms with Gasteiger partial charge in [-0.2, -0.15) is 0 Å². The number of aromatic nitrogens is 1. The van der Waals surface area contributed by atoms with Crippen LogP contribution in [0.1, 0.15) is 28.0 Å². The van der Waals surface area contributed by atoms with Crippen molar-refractivity contribution in [2.24, 2.45) is 0 Å². The van der Waals surface area contributed by atoms with Crippen LogP contribution in [0, 0.1) is 0 Å². The molecule has 0 aliphatic carbocycles. The maximum absolute atomic E-state index is 12.6. The average Bonchev–Trinajstić information content (AvgIpc) is 2.38. The molecule has 0 radical (unpaired) electrons. The Morgan fingerprint density at radius 2 is 2.00 bits per heavy atom. The highest BCUT2D eigenvalue weighted by Gasteiger charge is 2.15. The summed E-state index contributed by atoms with van der Waals surface area (Å²) in [5.41, 5.74) is 5.68. The Hall–Kier alpha value is -2.30. The lowest BCUT2D eigenvalue weighted by molar-refractivity contribution is 0.103. The number of hydrogen-bond donors (Lipinski definition) is 1. The van der Waals surface area contributed by atoms with Gasteiger partial charge in [-0.05, 0) is 30.3 Å². The minimum absolute atomic E-state index is 0.115. The first-order chi connectivity index (χ1) is 8.58. The van der Waals surface area contributed by atoms with E-state index in [2.05, 4.69) is 4.98 Å². The van der Waals surface area contributed by atoms with Gasteiger partial charge < -0.3 is 5.73 Å². The van der Waals surface area contributed by atoms with Crippen molar-refractivity contribution in [3.05, 3.63) is 59.4 Å². The second kappa shape index (κ2) is 4.91. The van der Waals surface area contributed by atoms with Gasteiger partial charge in [-0.25, -0.2) is 8.78 Å². The molecule has 0 saturated carbocycles. The first-order valence-electron chi connectivity index (χ1n) is 5.22. The van der Waals surface area contributed by atoms with Crippen molar-refractivity contribution >= 4 is 11.5 Å². The molecule has 0 atom stereocenters. The summed E-state index contributed by atoms with van der Waals surface area (Å²) >= 11 is 0. The van der Waals surface area contributed by atoms with Crippen LogP contribution in [0.3, 0.4) is 0 Å². The Morgan fingerprint density at radius 3 is 2.61 bits per heavy atom. The number of alkyl halides is 2. The van der Waals surface area contributed by atoms with Crippen molar-refractivity contribution in [2.45, 2.75) is 6.43 Å². The number of benzene rings is 1. The molecule has 18 heavy (non-hydrogen) atoms. The van der Waals surface area contributed by atoms with Crippen molar-refractivity contribution in [1.82, 2.24) is 4.98 Å². The maximum atomic E-state index is 12.6. The van der Waals surface area contributed by atoms with Gasteiger partial charge in [-0.15, -0.1) is 0 Å². The Kier molecular flexibility index (Phi) is 3.32. The largest absolute Gasteiger partial charge is 0.399 e. The SMILES string of the molecule is Nc1cc(C(=O)c2ccccn2)cc(C(F)F)c1. The zero-order valence-corrected chi connectivity index (χ0v) is 9.31. The standard InChI is InChI=1S/C13H10F2N2O/c14-13(15)9-5-8(6-10(16)7-9)12(18)11-3-1-2-4-17-11/h1-7,13H,16H2. The second-order valence-corrected chi connectivity index (χ2v) is 3.73. The summed E-state index contributed by atoms with van der Waals surface area (Å²) in [6.07, 6.45) is -1.20. The molecule has 0 spiro atoms. The summed E-state index contributed by atoms with van der Waals surface area (Å²) in [5.74, 6) is -0.426. The number of nitrogens with two attached hydrogens (primary N) is 1. The molecule has 92 valence electrons. The highest BCUT2D eigenvalue weighted by molar-refractivity contribution is 6.08. The molecule has 3 nitrogen and oxygen atoms in total. The fraction of sp³-hybridized carbons (Fsp3) is 0.0769. The molecule has 1 aromatic heterocycles. The van der Waals surface area contributed by atoms with E-state index in [1.165, 1.54) is 18.3 Å². The van der Waals surface area contributed by atoms with Crippen LogP contribution in [0.25, 0.3) is 0 Å². The fourth-order valence-electron chi connectivity index (χ4n) is 1.58. The monoisotopic (exact) mass is 248 g/mol. The Morgan fingerprint density at radius 1 is 1.22 bits per heavy atom. The van der Waals surface area contributed by atoms with Gasteiger partial charge in [0.05, 0.1) is 0 Å². The molecule has 1 aromatic carbocycles. The van der Waals surface area contributed by atoms with Gasteiger partial charge in [0, 0.05) is 23.0 Å². The minimum atomic E-state index is -2.66. The molecule has 0 saturated heterocycles. The number of pyridine rings is 1. The molecule has 0 unspecified atom stereocenters. The number of carbonyl (C=O) groups excluding carboxylic acids is 1. The third-order valence-corrected chi connectivity index (χ3v) is 2.39. The zero-order valence-electron chi connectivity index (χ0n) is 9.31. The van der Waals surface area contributed by atoms with Crippen LogP contribution in [0.4, 0.5) is 14.5 Å². The molecule has 0 bridgehead atoms. The van der Waals surface area contributed by atoms with E-state index in [0.717, 1.165) is 12.1 Å². The van der Waals surface area contributed by atoms with Gasteiger partial charge in [-0.1, -0.05) is 6.07 Å². The molecule has 2 N–H and O–H groups in total. The Labute approximate surface area is 102 Å². The molecule has 1 heterocycles. The summed E-state index contributed by atoms with van der Waals surface area (Å²) in [4.78, 5) is 15.9. The quantitative estimate of drug-likeness (QED) is 0.671. The molecule has 0 aliphatic rings. The Balaban J connectivity index is 2.42. The lowest BCUT2D eigenvalue weighted by atomic mass is 10.0. The first-order valence-corrected chi connectivity index (χ1v) is 5.22. The van der Waals surface area contributed by atoms with Crippen molar-refractivity contribution in [3.63, 3.8) is 0 Å². The van der Waals surface area contributed by atoms with Crippen molar-refractivity contribution in [3.8, 4) is 0 Å². The molecular weight excluding hydrogens is 238 g/mol. The normalized spacial score (nSPS) is 10.6. The van der Waals surface area contributed by atoms with Crippen LogP contribution in [-0.4, -0.2) is 10.8 Å². The molecule has 0 fully saturated rings. The van der Waals surface area contributed by atoms with Crippen molar-refractivity contribution in [1.29, 1.82) is 0 Å². The number of halogens is 2. The van der Waals surface area contributed by atoms with Crippen molar-refractivity contribution in [2.75, 3.05) is 5.73 Å². The van der Waals surface area contributed by atoms with E-state index in [4.69, 9.17) is 5.73 Å². The van der Waals surface area contributed by atoms with E-state index in [0.29, 0.717) is 0 Å². The summed E-state index contributed by atoms with van der Waals surface area (Å²) in [7, 11) is 0. The van der Waals surface area contributed by atoms with E-state index >= 15 is 0 Å². The number of carbonyl (C=O) groups is 1. The van der Waals surface area contributed by atoms with Gasteiger partial charge in [0.2, 0.25) is 5.78 Å². The van der Waals surface area contributed by atoms with Crippen LogP contribution in [0.5, 0.6) is 0 Å². The van der Waals surface area contributed by atoms with E-state index in [9.17, 15) is 13.6 Å². The Bertz CT molecular complexity index is 570. The van der Waals surface area contributed by atoms with Crippen LogP contribution >= 0.6 is 0 Å². The second-order valence-electron chi connectivity index (χ2n) is 3.73. The zero-order chi connectivity index (χ0) is 13.1. The van der Waals surface area contributed by atoms with Gasteiger partial charge in [0.15, 0.2) is 0 Å². The molecule has 2 rings (SSSR count). The number of nitrogens with zero attached hydrogens (tertiary/aromatic N) is 1. The third-order valence-electron chi connectivity index (χ3n) is 2.39. The van der Waals surface area contributed by atoms with E-state index in [-0.39, 0.29) is 22.5 Å². The lowest BCUT2D eigenvalue weighted by Crippen LogP contribution is -2.05. The highest BCUT2D eigenvalue weighted by Crippen LogP contribution is 2.23. The number of nitrogen functional groups attached to an aromatic ring is 1. The summed E-state index contributed by atoms with van der Waals surface area (Å²) in [5, 5.41) is 0. The number of hydrogen-bond acceptors (Lipinski definition) is 3. The maximum Gasteiger partial charge on any atom is 0.263 e. The highest BCUT2D eigenvalue weighted by atomic mass is 19.3. The van der Waals surface area contributed by atoms with Gasteiger partial charge in [0.25, 0.3) is 6.43 Å². The molecular formula is C13H10F2N2O. The van der Waals surface area contributed by atoms with Crippen LogP contribution in [0.2, 0.25) is 0 Å². The third kappa shape index (κ3) is 2.51. The van der Waals surface area contributed by atoms with Gasteiger partial charge in [0.1, 0.15) is 5.69 Å². The van der Waals surface area contributed by atoms with Gasteiger partial charge >= 0.3 is 0 Å². The summed E-state index contributed by atoms with van der Waals surface area (Å²) in [6, 6.07) is 8.50.